The summed E-state index contributed by atoms with van der Waals surface area (Å²) in [6.07, 6.45) is 11.5. The monoisotopic (exact) mass is 236 g/mol. The Kier molecular flexibility index (Phi) is 4.63. The topological polar surface area (TPSA) is 51.2 Å². The fourth-order valence-electron chi connectivity index (χ4n) is 2.84. The Hall–Kier alpha value is -0.800. The van der Waals surface area contributed by atoms with Gasteiger partial charge >= 0.3 is 0 Å². The van der Waals surface area contributed by atoms with E-state index in [4.69, 9.17) is 10.2 Å². The van der Waals surface area contributed by atoms with Crippen LogP contribution in [-0.2, 0) is 6.54 Å². The molecule has 0 atom stereocenters. The summed E-state index contributed by atoms with van der Waals surface area (Å²) in [5.74, 6) is 0. The average molecular weight is 236 g/mol. The lowest BCUT2D eigenvalue weighted by atomic mass is 9.72. The summed E-state index contributed by atoms with van der Waals surface area (Å²) >= 11 is 0. The van der Waals surface area contributed by atoms with E-state index in [9.17, 15) is 0 Å². The van der Waals surface area contributed by atoms with Crippen molar-refractivity contribution in [3.05, 3.63) is 24.2 Å². The van der Waals surface area contributed by atoms with Crippen LogP contribution in [0.4, 0.5) is 0 Å². The molecule has 1 saturated carbocycles. The van der Waals surface area contributed by atoms with E-state index in [0.717, 1.165) is 19.6 Å². The summed E-state index contributed by atoms with van der Waals surface area (Å²) < 4.78 is 5.04. The van der Waals surface area contributed by atoms with E-state index in [1.807, 2.05) is 6.07 Å². The molecule has 3 N–H and O–H groups in total. The summed E-state index contributed by atoms with van der Waals surface area (Å²) in [6.45, 7) is 2.81. The predicted molar refractivity (Wildman–Crippen MR) is 69.6 cm³/mol. The van der Waals surface area contributed by atoms with Crippen molar-refractivity contribution in [1.82, 2.24) is 5.32 Å². The van der Waals surface area contributed by atoms with Crippen LogP contribution in [0.25, 0.3) is 0 Å². The number of hydrogen-bond donors (Lipinski definition) is 2. The summed E-state index contributed by atoms with van der Waals surface area (Å²) in [5, 5.41) is 3.48. The van der Waals surface area contributed by atoms with E-state index in [-0.39, 0.29) is 0 Å². The van der Waals surface area contributed by atoms with Gasteiger partial charge in [0.1, 0.15) is 0 Å². The normalized spacial score (nSPS) is 19.4. The van der Waals surface area contributed by atoms with Crippen molar-refractivity contribution in [2.75, 3.05) is 13.1 Å². The number of furan rings is 1. The molecule has 1 aromatic rings. The minimum atomic E-state index is 0.418. The Morgan fingerprint density at radius 3 is 2.76 bits per heavy atom. The molecular formula is C14H24N2O. The van der Waals surface area contributed by atoms with Crippen LogP contribution in [0.15, 0.2) is 23.0 Å². The second-order valence-electron chi connectivity index (χ2n) is 5.32. The third kappa shape index (κ3) is 3.58. The summed E-state index contributed by atoms with van der Waals surface area (Å²) in [7, 11) is 0. The van der Waals surface area contributed by atoms with Gasteiger partial charge in [-0.2, -0.15) is 0 Å². The largest absolute Gasteiger partial charge is 0.472 e. The van der Waals surface area contributed by atoms with Gasteiger partial charge in [-0.3, -0.25) is 0 Å². The fraction of sp³-hybridized carbons (Fsp3) is 0.714. The minimum absolute atomic E-state index is 0.418. The van der Waals surface area contributed by atoms with E-state index >= 15 is 0 Å². The number of rotatable bonds is 6. The van der Waals surface area contributed by atoms with Gasteiger partial charge < -0.3 is 15.5 Å². The summed E-state index contributed by atoms with van der Waals surface area (Å²) in [5.41, 5.74) is 7.61. The highest BCUT2D eigenvalue weighted by molar-refractivity contribution is 5.04. The van der Waals surface area contributed by atoms with Gasteiger partial charge in [-0.05, 0) is 43.8 Å². The molecule has 1 fully saturated rings. The molecule has 0 radical (unpaired) electrons. The molecule has 0 spiro atoms. The number of nitrogens with two attached hydrogens (primary N) is 1. The third-order valence-corrected chi connectivity index (χ3v) is 4.09. The van der Waals surface area contributed by atoms with Crippen LogP contribution < -0.4 is 11.1 Å². The van der Waals surface area contributed by atoms with Crippen LogP contribution in [0.2, 0.25) is 0 Å². The predicted octanol–water partition coefficient (Wildman–Crippen LogP) is 2.67. The Morgan fingerprint density at radius 1 is 1.29 bits per heavy atom. The van der Waals surface area contributed by atoms with E-state index in [1.54, 1.807) is 12.5 Å². The Bertz CT molecular complexity index is 302. The Balaban J connectivity index is 1.69. The van der Waals surface area contributed by atoms with Crippen molar-refractivity contribution in [2.45, 2.75) is 45.1 Å². The van der Waals surface area contributed by atoms with Crippen LogP contribution >= 0.6 is 0 Å². The molecule has 0 amide bonds. The first-order valence-corrected chi connectivity index (χ1v) is 6.77. The number of nitrogens with one attached hydrogen (secondary N) is 1. The van der Waals surface area contributed by atoms with E-state index in [2.05, 4.69) is 5.32 Å². The lowest BCUT2D eigenvalue weighted by Gasteiger charge is -2.36. The van der Waals surface area contributed by atoms with Crippen LogP contribution in [0.3, 0.4) is 0 Å². The molecule has 3 nitrogen and oxygen atoms in total. The van der Waals surface area contributed by atoms with Gasteiger partial charge in [0.15, 0.2) is 0 Å². The molecule has 0 aromatic carbocycles. The van der Waals surface area contributed by atoms with Gasteiger partial charge in [0.2, 0.25) is 0 Å². The van der Waals surface area contributed by atoms with Gasteiger partial charge in [0.25, 0.3) is 0 Å². The van der Waals surface area contributed by atoms with Crippen molar-refractivity contribution in [1.29, 1.82) is 0 Å². The highest BCUT2D eigenvalue weighted by Crippen LogP contribution is 2.37. The minimum Gasteiger partial charge on any atom is -0.472 e. The maximum atomic E-state index is 5.97. The zero-order valence-electron chi connectivity index (χ0n) is 10.6. The van der Waals surface area contributed by atoms with E-state index in [1.165, 1.54) is 44.1 Å². The molecule has 0 saturated heterocycles. The second-order valence-corrected chi connectivity index (χ2v) is 5.32. The standard InChI is InChI=1S/C14H24N2O/c15-12-14(5-2-1-3-6-14)7-8-16-10-13-4-9-17-11-13/h4,9,11,16H,1-3,5-8,10,12,15H2. The van der Waals surface area contributed by atoms with Crippen LogP contribution in [-0.4, -0.2) is 13.1 Å². The van der Waals surface area contributed by atoms with Crippen molar-refractivity contribution in [2.24, 2.45) is 11.1 Å². The van der Waals surface area contributed by atoms with E-state index in [0.29, 0.717) is 5.41 Å². The lowest BCUT2D eigenvalue weighted by molar-refractivity contribution is 0.181. The van der Waals surface area contributed by atoms with Crippen LogP contribution in [0.1, 0.15) is 44.1 Å². The fourth-order valence-corrected chi connectivity index (χ4v) is 2.84. The van der Waals surface area contributed by atoms with Crippen LogP contribution in [0, 0.1) is 5.41 Å². The quantitative estimate of drug-likeness (QED) is 0.747. The molecule has 1 heterocycles. The average Bonchev–Trinajstić information content (AvgIpc) is 2.89. The molecule has 0 bridgehead atoms. The molecule has 3 heteroatoms. The van der Waals surface area contributed by atoms with E-state index < -0.39 is 0 Å². The van der Waals surface area contributed by atoms with Crippen LogP contribution in [0.5, 0.6) is 0 Å². The molecule has 96 valence electrons. The molecule has 1 aliphatic carbocycles. The first-order valence-electron chi connectivity index (χ1n) is 6.77. The van der Waals surface area contributed by atoms with Crippen molar-refractivity contribution >= 4 is 0 Å². The molecule has 2 rings (SSSR count). The van der Waals surface area contributed by atoms with Gasteiger partial charge in [0, 0.05) is 12.1 Å². The Morgan fingerprint density at radius 2 is 2.12 bits per heavy atom. The highest BCUT2D eigenvalue weighted by atomic mass is 16.3. The summed E-state index contributed by atoms with van der Waals surface area (Å²) in [4.78, 5) is 0. The zero-order valence-corrected chi connectivity index (χ0v) is 10.6. The van der Waals surface area contributed by atoms with Crippen molar-refractivity contribution < 1.29 is 4.42 Å². The molecular weight excluding hydrogens is 212 g/mol. The maximum Gasteiger partial charge on any atom is 0.0947 e. The SMILES string of the molecule is NCC1(CCNCc2ccoc2)CCCCC1. The highest BCUT2D eigenvalue weighted by Gasteiger charge is 2.29. The van der Waals surface area contributed by atoms with Gasteiger partial charge in [-0.1, -0.05) is 19.3 Å². The van der Waals surface area contributed by atoms with Gasteiger partial charge in [0.05, 0.1) is 12.5 Å². The molecule has 0 unspecified atom stereocenters. The number of hydrogen-bond acceptors (Lipinski definition) is 3. The second kappa shape index (κ2) is 6.22. The van der Waals surface area contributed by atoms with Crippen molar-refractivity contribution in [3.8, 4) is 0 Å². The maximum absolute atomic E-state index is 5.97. The van der Waals surface area contributed by atoms with Crippen molar-refractivity contribution in [3.63, 3.8) is 0 Å². The smallest absolute Gasteiger partial charge is 0.0947 e. The molecule has 1 aliphatic rings. The Labute approximate surface area is 104 Å². The first-order chi connectivity index (χ1) is 8.35. The summed E-state index contributed by atoms with van der Waals surface area (Å²) in [6, 6.07) is 2.01. The van der Waals surface area contributed by atoms with Gasteiger partial charge in [-0.25, -0.2) is 0 Å². The lowest BCUT2D eigenvalue weighted by Crippen LogP contribution is -2.35. The molecule has 0 aliphatic heterocycles. The molecule has 17 heavy (non-hydrogen) atoms. The van der Waals surface area contributed by atoms with Gasteiger partial charge in [-0.15, -0.1) is 0 Å². The zero-order chi connectivity index (χ0) is 12.0. The first kappa shape index (κ1) is 12.7. The third-order valence-electron chi connectivity index (χ3n) is 4.09. The molecule has 1 aromatic heterocycles.